The second-order valence-electron chi connectivity index (χ2n) is 6.66. The van der Waals surface area contributed by atoms with Gasteiger partial charge in [0.2, 0.25) is 10.0 Å². The normalized spacial score (nSPS) is 12.5. The molecule has 3 rings (SSSR count). The topological polar surface area (TPSA) is 112 Å². The van der Waals surface area contributed by atoms with Gasteiger partial charge in [-0.2, -0.15) is 0 Å². The second kappa shape index (κ2) is 8.59. The summed E-state index contributed by atoms with van der Waals surface area (Å²) < 4.78 is 34.9. The molecular formula is C21H22N2O5S. The quantitative estimate of drug-likeness (QED) is 0.593. The van der Waals surface area contributed by atoms with Crippen molar-refractivity contribution < 1.29 is 22.4 Å². The number of carbonyl (C=O) groups excluding carboxylic acids is 1. The third-order valence-electron chi connectivity index (χ3n) is 4.55. The molecule has 0 bridgehead atoms. The molecule has 0 fully saturated rings. The average molecular weight is 414 g/mol. The fourth-order valence-corrected chi connectivity index (χ4v) is 3.74. The van der Waals surface area contributed by atoms with Crippen molar-refractivity contribution in [2.24, 2.45) is 11.1 Å². The number of nitrogens with zero attached hydrogens (tertiary/aromatic N) is 1. The molecule has 2 aromatic carbocycles. The summed E-state index contributed by atoms with van der Waals surface area (Å²) in [4.78, 5) is 16.2. The summed E-state index contributed by atoms with van der Waals surface area (Å²) in [6, 6.07) is 15.7. The first-order chi connectivity index (χ1) is 13.8. The van der Waals surface area contributed by atoms with Crippen molar-refractivity contribution in [2.45, 2.75) is 24.7 Å². The Hall–Kier alpha value is -2.97. The molecule has 1 heterocycles. The molecule has 1 atom stereocenters. The predicted molar refractivity (Wildman–Crippen MR) is 108 cm³/mol. The van der Waals surface area contributed by atoms with E-state index in [1.165, 1.54) is 13.2 Å². The molecule has 0 radical (unpaired) electrons. The summed E-state index contributed by atoms with van der Waals surface area (Å²) in [5.74, 6) is 0.104. The molecule has 0 saturated heterocycles. The number of aromatic nitrogens is 1. The van der Waals surface area contributed by atoms with Crippen LogP contribution in [0, 0.1) is 5.92 Å². The van der Waals surface area contributed by atoms with E-state index in [0.717, 1.165) is 5.56 Å². The minimum atomic E-state index is -3.96. The first-order valence-corrected chi connectivity index (χ1v) is 10.6. The van der Waals surface area contributed by atoms with Crippen LogP contribution in [0.25, 0.3) is 22.6 Å². The van der Waals surface area contributed by atoms with Gasteiger partial charge < -0.3 is 9.15 Å². The molecule has 0 saturated carbocycles. The number of oxazole rings is 1. The highest BCUT2D eigenvalue weighted by molar-refractivity contribution is 7.89. The Bertz CT molecular complexity index is 1110. The summed E-state index contributed by atoms with van der Waals surface area (Å²) in [6.45, 7) is 1.77. The van der Waals surface area contributed by atoms with Crippen LogP contribution in [0.2, 0.25) is 0 Å². The Morgan fingerprint density at radius 3 is 2.45 bits per heavy atom. The maximum atomic E-state index is 12.1. The fraction of sp³-hybridized carbons (Fsp3) is 0.238. The van der Waals surface area contributed by atoms with Crippen molar-refractivity contribution >= 4 is 16.0 Å². The number of methoxy groups -OCH3 is 1. The minimum Gasteiger partial charge on any atom is -0.469 e. The molecule has 0 aliphatic heterocycles. The molecule has 8 heteroatoms. The van der Waals surface area contributed by atoms with Crippen molar-refractivity contribution in [3.8, 4) is 22.6 Å². The highest BCUT2D eigenvalue weighted by atomic mass is 32.2. The summed E-state index contributed by atoms with van der Waals surface area (Å²) in [6.07, 6.45) is 0.880. The van der Waals surface area contributed by atoms with Crippen molar-refractivity contribution in [2.75, 3.05) is 7.11 Å². The average Bonchev–Trinajstić information content (AvgIpc) is 3.15. The Kier molecular flexibility index (Phi) is 6.14. The Balaban J connectivity index is 2.07. The van der Waals surface area contributed by atoms with Crippen LogP contribution in [0.3, 0.4) is 0 Å². The van der Waals surface area contributed by atoms with E-state index in [2.05, 4.69) is 4.98 Å². The summed E-state index contributed by atoms with van der Waals surface area (Å²) in [5.41, 5.74) is 1.64. The molecule has 0 aliphatic carbocycles. The van der Waals surface area contributed by atoms with Gasteiger partial charge >= 0.3 is 5.97 Å². The van der Waals surface area contributed by atoms with Crippen molar-refractivity contribution in [3.05, 3.63) is 60.5 Å². The number of hydrogen-bond donors (Lipinski definition) is 1. The van der Waals surface area contributed by atoms with Gasteiger partial charge in [0.1, 0.15) is 5.69 Å². The number of esters is 1. The van der Waals surface area contributed by atoms with Crippen LogP contribution < -0.4 is 5.14 Å². The first kappa shape index (κ1) is 20.8. The van der Waals surface area contributed by atoms with E-state index in [9.17, 15) is 13.2 Å². The standard InChI is InChI=1S/C21H22N2O5S/c1-14(21(24)27-2)12-13-18-23-19(15-8-4-3-5-9-15)20(28-18)16-10-6-7-11-17(16)29(22,25)26/h3-11,14H,12-13H2,1-2H3,(H2,22,25,26). The largest absolute Gasteiger partial charge is 0.469 e. The first-order valence-electron chi connectivity index (χ1n) is 9.06. The van der Waals surface area contributed by atoms with Crippen LogP contribution in [0.5, 0.6) is 0 Å². The summed E-state index contributed by atoms with van der Waals surface area (Å²) in [7, 11) is -2.61. The molecule has 29 heavy (non-hydrogen) atoms. The molecular weight excluding hydrogens is 392 g/mol. The van der Waals surface area contributed by atoms with E-state index >= 15 is 0 Å². The zero-order valence-corrected chi connectivity index (χ0v) is 17.0. The van der Waals surface area contributed by atoms with Gasteiger partial charge in [0.15, 0.2) is 11.7 Å². The maximum Gasteiger partial charge on any atom is 0.308 e. The van der Waals surface area contributed by atoms with E-state index in [0.29, 0.717) is 35.7 Å². The molecule has 0 spiro atoms. The van der Waals surface area contributed by atoms with Gasteiger partial charge in [0, 0.05) is 17.5 Å². The lowest BCUT2D eigenvalue weighted by atomic mass is 10.1. The highest BCUT2D eigenvalue weighted by Crippen LogP contribution is 2.36. The van der Waals surface area contributed by atoms with Crippen molar-refractivity contribution in [1.82, 2.24) is 4.98 Å². The lowest BCUT2D eigenvalue weighted by Gasteiger charge is -2.07. The Morgan fingerprint density at radius 2 is 1.79 bits per heavy atom. The highest BCUT2D eigenvalue weighted by Gasteiger charge is 2.23. The third kappa shape index (κ3) is 4.72. The number of aryl methyl sites for hydroxylation is 1. The summed E-state index contributed by atoms with van der Waals surface area (Å²) >= 11 is 0. The van der Waals surface area contributed by atoms with E-state index in [1.54, 1.807) is 25.1 Å². The van der Waals surface area contributed by atoms with E-state index < -0.39 is 10.0 Å². The molecule has 0 amide bonds. The van der Waals surface area contributed by atoms with Crippen molar-refractivity contribution in [3.63, 3.8) is 0 Å². The number of benzene rings is 2. The number of nitrogens with two attached hydrogens (primary N) is 1. The van der Waals surface area contributed by atoms with Crippen LogP contribution in [-0.2, 0) is 26.0 Å². The zero-order valence-electron chi connectivity index (χ0n) is 16.2. The van der Waals surface area contributed by atoms with Gasteiger partial charge in [-0.15, -0.1) is 0 Å². The number of sulfonamides is 1. The van der Waals surface area contributed by atoms with E-state index in [4.69, 9.17) is 14.3 Å². The number of carbonyl (C=O) groups is 1. The molecule has 152 valence electrons. The number of rotatable bonds is 7. The van der Waals surface area contributed by atoms with Gasteiger partial charge in [-0.25, -0.2) is 18.5 Å². The monoisotopic (exact) mass is 414 g/mol. The number of ether oxygens (including phenoxy) is 1. The van der Waals surface area contributed by atoms with Crippen LogP contribution in [-0.4, -0.2) is 26.5 Å². The van der Waals surface area contributed by atoms with Crippen molar-refractivity contribution in [1.29, 1.82) is 0 Å². The predicted octanol–water partition coefficient (Wildman–Crippen LogP) is 3.40. The zero-order chi connectivity index (χ0) is 21.0. The van der Waals surface area contributed by atoms with E-state index in [1.807, 2.05) is 30.3 Å². The second-order valence-corrected chi connectivity index (χ2v) is 8.19. The fourth-order valence-electron chi connectivity index (χ4n) is 3.01. The number of hydrogen-bond acceptors (Lipinski definition) is 6. The van der Waals surface area contributed by atoms with Gasteiger partial charge in [-0.05, 0) is 18.6 Å². The minimum absolute atomic E-state index is 0.0391. The van der Waals surface area contributed by atoms with Gasteiger partial charge in [0.25, 0.3) is 0 Å². The van der Waals surface area contributed by atoms with Crippen LogP contribution in [0.15, 0.2) is 63.9 Å². The summed E-state index contributed by atoms with van der Waals surface area (Å²) in [5, 5.41) is 5.40. The molecule has 1 unspecified atom stereocenters. The number of primary sulfonamides is 1. The van der Waals surface area contributed by atoms with E-state index in [-0.39, 0.29) is 16.8 Å². The Labute approximate surface area is 169 Å². The maximum absolute atomic E-state index is 12.1. The molecule has 2 N–H and O–H groups in total. The van der Waals surface area contributed by atoms with Crippen LogP contribution in [0.1, 0.15) is 19.2 Å². The van der Waals surface area contributed by atoms with Gasteiger partial charge in [-0.1, -0.05) is 49.4 Å². The molecule has 7 nitrogen and oxygen atoms in total. The lowest BCUT2D eigenvalue weighted by Crippen LogP contribution is -2.13. The van der Waals surface area contributed by atoms with Gasteiger partial charge in [0.05, 0.1) is 17.9 Å². The van der Waals surface area contributed by atoms with Crippen LogP contribution >= 0.6 is 0 Å². The van der Waals surface area contributed by atoms with Crippen LogP contribution in [0.4, 0.5) is 0 Å². The lowest BCUT2D eigenvalue weighted by molar-refractivity contribution is -0.145. The molecule has 1 aromatic heterocycles. The third-order valence-corrected chi connectivity index (χ3v) is 5.52. The Morgan fingerprint density at radius 1 is 1.14 bits per heavy atom. The SMILES string of the molecule is COC(=O)C(C)CCc1nc(-c2ccccc2)c(-c2ccccc2S(N)(=O)=O)o1. The smallest absolute Gasteiger partial charge is 0.308 e. The molecule has 3 aromatic rings. The molecule has 0 aliphatic rings. The van der Waals surface area contributed by atoms with Gasteiger partial charge in [-0.3, -0.25) is 4.79 Å².